The SMILES string of the molecule is Cc1c(Br)cccc1C(=O)N(CCO)CC(F)F. The summed E-state index contributed by atoms with van der Waals surface area (Å²) >= 11 is 3.29. The summed E-state index contributed by atoms with van der Waals surface area (Å²) in [6.07, 6.45) is -2.62. The Morgan fingerprint density at radius 2 is 2.17 bits per heavy atom. The standard InChI is InChI=1S/C12H14BrF2NO2/c1-8-9(3-2-4-10(8)13)12(18)16(5-6-17)7-11(14)15/h2-4,11,17H,5-7H2,1H3. The first-order chi connectivity index (χ1) is 8.47. The van der Waals surface area contributed by atoms with E-state index in [1.54, 1.807) is 25.1 Å². The first-order valence-corrected chi connectivity index (χ1v) is 6.20. The van der Waals surface area contributed by atoms with Gasteiger partial charge in [0.1, 0.15) is 0 Å². The number of benzene rings is 1. The molecule has 6 heteroatoms. The maximum Gasteiger partial charge on any atom is 0.255 e. The van der Waals surface area contributed by atoms with Gasteiger partial charge >= 0.3 is 0 Å². The van der Waals surface area contributed by atoms with Crippen LogP contribution in [0.15, 0.2) is 22.7 Å². The third-order valence-corrected chi connectivity index (χ3v) is 3.37. The molecule has 18 heavy (non-hydrogen) atoms. The second-order valence-electron chi connectivity index (χ2n) is 3.78. The molecule has 100 valence electrons. The summed E-state index contributed by atoms with van der Waals surface area (Å²) in [6.45, 7) is 0.614. The fraction of sp³-hybridized carbons (Fsp3) is 0.417. The zero-order valence-electron chi connectivity index (χ0n) is 9.87. The van der Waals surface area contributed by atoms with Crippen molar-refractivity contribution >= 4 is 21.8 Å². The summed E-state index contributed by atoms with van der Waals surface area (Å²) in [7, 11) is 0. The highest BCUT2D eigenvalue weighted by atomic mass is 79.9. The molecule has 0 saturated heterocycles. The van der Waals surface area contributed by atoms with Crippen molar-refractivity contribution in [2.45, 2.75) is 13.3 Å². The number of aliphatic hydroxyl groups excluding tert-OH is 1. The lowest BCUT2D eigenvalue weighted by molar-refractivity contribution is 0.0508. The molecule has 0 aromatic heterocycles. The van der Waals surface area contributed by atoms with Crippen LogP contribution in [0.3, 0.4) is 0 Å². The molecule has 1 amide bonds. The zero-order chi connectivity index (χ0) is 13.7. The van der Waals surface area contributed by atoms with E-state index in [1.807, 2.05) is 0 Å². The maximum absolute atomic E-state index is 12.4. The molecule has 0 heterocycles. The minimum Gasteiger partial charge on any atom is -0.395 e. The summed E-state index contributed by atoms with van der Waals surface area (Å²) in [5.74, 6) is -0.497. The lowest BCUT2D eigenvalue weighted by atomic mass is 10.1. The smallest absolute Gasteiger partial charge is 0.255 e. The van der Waals surface area contributed by atoms with Gasteiger partial charge in [0.05, 0.1) is 13.2 Å². The highest BCUT2D eigenvalue weighted by Crippen LogP contribution is 2.21. The number of halogens is 3. The summed E-state index contributed by atoms with van der Waals surface area (Å²) in [5.41, 5.74) is 1.05. The van der Waals surface area contributed by atoms with E-state index in [9.17, 15) is 13.6 Å². The van der Waals surface area contributed by atoms with Gasteiger partial charge in [0.25, 0.3) is 12.3 Å². The molecule has 0 atom stereocenters. The normalized spacial score (nSPS) is 10.8. The van der Waals surface area contributed by atoms with Gasteiger partial charge in [-0.1, -0.05) is 22.0 Å². The summed E-state index contributed by atoms with van der Waals surface area (Å²) in [4.78, 5) is 13.1. The van der Waals surface area contributed by atoms with Crippen LogP contribution in [0.2, 0.25) is 0 Å². The van der Waals surface area contributed by atoms with E-state index in [2.05, 4.69) is 15.9 Å². The molecule has 0 fully saturated rings. The predicted molar refractivity (Wildman–Crippen MR) is 67.9 cm³/mol. The summed E-state index contributed by atoms with van der Waals surface area (Å²) in [6, 6.07) is 5.03. The molecule has 1 rings (SSSR count). The lowest BCUT2D eigenvalue weighted by Gasteiger charge is -2.22. The van der Waals surface area contributed by atoms with Crippen molar-refractivity contribution in [3.8, 4) is 0 Å². The summed E-state index contributed by atoms with van der Waals surface area (Å²) in [5, 5.41) is 8.82. The largest absolute Gasteiger partial charge is 0.395 e. The minimum atomic E-state index is -2.62. The Balaban J connectivity index is 2.98. The molecule has 0 aliphatic carbocycles. The third kappa shape index (κ3) is 3.74. The molecular formula is C12H14BrF2NO2. The molecule has 0 aliphatic rings. The van der Waals surface area contributed by atoms with Crippen LogP contribution in [0.1, 0.15) is 15.9 Å². The van der Waals surface area contributed by atoms with Crippen LogP contribution < -0.4 is 0 Å². The second kappa shape index (κ2) is 6.80. The van der Waals surface area contributed by atoms with Crippen molar-refractivity contribution in [1.82, 2.24) is 4.90 Å². The van der Waals surface area contributed by atoms with E-state index >= 15 is 0 Å². The molecule has 0 unspecified atom stereocenters. The van der Waals surface area contributed by atoms with Gasteiger partial charge in [0.2, 0.25) is 0 Å². The number of amides is 1. The third-order valence-electron chi connectivity index (χ3n) is 2.51. The van der Waals surface area contributed by atoms with Crippen LogP contribution in [-0.4, -0.2) is 42.0 Å². The molecule has 0 spiro atoms. The van der Waals surface area contributed by atoms with Crippen LogP contribution in [0.4, 0.5) is 8.78 Å². The number of aliphatic hydroxyl groups is 1. The molecule has 3 nitrogen and oxygen atoms in total. The van der Waals surface area contributed by atoms with E-state index in [0.717, 1.165) is 9.37 Å². The number of hydrogen-bond donors (Lipinski definition) is 1. The first-order valence-electron chi connectivity index (χ1n) is 5.40. The van der Waals surface area contributed by atoms with Gasteiger partial charge in [-0.15, -0.1) is 0 Å². The molecule has 0 aliphatic heterocycles. The lowest BCUT2D eigenvalue weighted by Crippen LogP contribution is -2.37. The van der Waals surface area contributed by atoms with Crippen LogP contribution >= 0.6 is 15.9 Å². The molecular weight excluding hydrogens is 308 g/mol. The number of carbonyl (C=O) groups is 1. The molecule has 1 aromatic rings. The molecule has 0 radical (unpaired) electrons. The van der Waals surface area contributed by atoms with Gasteiger partial charge < -0.3 is 10.0 Å². The van der Waals surface area contributed by atoms with E-state index < -0.39 is 18.9 Å². The second-order valence-corrected chi connectivity index (χ2v) is 4.63. The maximum atomic E-state index is 12.4. The number of hydrogen-bond acceptors (Lipinski definition) is 2. The van der Waals surface area contributed by atoms with Gasteiger partial charge in [0.15, 0.2) is 0 Å². The molecule has 0 saturated carbocycles. The Bertz CT molecular complexity index is 427. The fourth-order valence-corrected chi connectivity index (χ4v) is 1.94. The minimum absolute atomic E-state index is 0.102. The topological polar surface area (TPSA) is 40.5 Å². The first kappa shape index (κ1) is 15.0. The van der Waals surface area contributed by atoms with Gasteiger partial charge in [-0.25, -0.2) is 8.78 Å². The summed E-state index contributed by atoms with van der Waals surface area (Å²) < 4.78 is 25.5. The molecule has 1 aromatic carbocycles. The number of alkyl halides is 2. The van der Waals surface area contributed by atoms with E-state index in [-0.39, 0.29) is 13.2 Å². The van der Waals surface area contributed by atoms with Gasteiger partial charge in [-0.3, -0.25) is 4.79 Å². The quantitative estimate of drug-likeness (QED) is 0.905. The number of nitrogens with zero attached hydrogens (tertiary/aromatic N) is 1. The number of rotatable bonds is 5. The zero-order valence-corrected chi connectivity index (χ0v) is 11.5. The van der Waals surface area contributed by atoms with E-state index in [0.29, 0.717) is 11.1 Å². The van der Waals surface area contributed by atoms with Crippen LogP contribution in [0.25, 0.3) is 0 Å². The Morgan fingerprint density at radius 3 is 2.72 bits per heavy atom. The van der Waals surface area contributed by atoms with Crippen molar-refractivity contribution in [3.05, 3.63) is 33.8 Å². The monoisotopic (exact) mass is 321 g/mol. The highest BCUT2D eigenvalue weighted by Gasteiger charge is 2.21. The average molecular weight is 322 g/mol. The van der Waals surface area contributed by atoms with Crippen molar-refractivity contribution in [1.29, 1.82) is 0 Å². The fourth-order valence-electron chi connectivity index (χ4n) is 1.57. The Morgan fingerprint density at radius 1 is 1.50 bits per heavy atom. The van der Waals surface area contributed by atoms with Crippen molar-refractivity contribution < 1.29 is 18.7 Å². The molecule has 0 bridgehead atoms. The van der Waals surface area contributed by atoms with Crippen molar-refractivity contribution in [3.63, 3.8) is 0 Å². The Hall–Kier alpha value is -1.01. The van der Waals surface area contributed by atoms with Crippen LogP contribution in [0, 0.1) is 6.92 Å². The van der Waals surface area contributed by atoms with E-state index in [1.165, 1.54) is 0 Å². The van der Waals surface area contributed by atoms with Crippen LogP contribution in [0.5, 0.6) is 0 Å². The number of carbonyl (C=O) groups excluding carboxylic acids is 1. The Kier molecular flexibility index (Phi) is 5.68. The predicted octanol–water partition coefficient (Wildman–Crippen LogP) is 2.46. The van der Waals surface area contributed by atoms with Gasteiger partial charge in [-0.2, -0.15) is 0 Å². The van der Waals surface area contributed by atoms with Crippen molar-refractivity contribution in [2.24, 2.45) is 0 Å². The average Bonchev–Trinajstić information content (AvgIpc) is 2.31. The van der Waals surface area contributed by atoms with E-state index in [4.69, 9.17) is 5.11 Å². The molecule has 1 N–H and O–H groups in total. The van der Waals surface area contributed by atoms with Crippen LogP contribution in [-0.2, 0) is 0 Å². The highest BCUT2D eigenvalue weighted by molar-refractivity contribution is 9.10. The Labute approximate surface area is 113 Å². The van der Waals surface area contributed by atoms with Gasteiger partial charge in [-0.05, 0) is 24.6 Å². The van der Waals surface area contributed by atoms with Crippen molar-refractivity contribution in [2.75, 3.05) is 19.7 Å². The van der Waals surface area contributed by atoms with Gasteiger partial charge in [0, 0.05) is 16.6 Å².